The molecule has 8 nitrogen and oxygen atoms in total. The van der Waals surface area contributed by atoms with E-state index in [2.05, 4.69) is 25.2 Å². The molecular weight excluding hydrogens is 404 g/mol. The van der Waals surface area contributed by atoms with Crippen LogP contribution in [0, 0.1) is 5.92 Å². The van der Waals surface area contributed by atoms with Crippen molar-refractivity contribution in [2.24, 2.45) is 5.92 Å². The Morgan fingerprint density at radius 3 is 2.62 bits per heavy atom. The zero-order valence-corrected chi connectivity index (χ0v) is 18.1. The number of phenols is 1. The average Bonchev–Trinajstić information content (AvgIpc) is 3.38. The SMILES string of the molecule is O=C(C1CCN(c2nccc3nc(NCc4ccccc4O)ncc23)CC1)N1CCCC1. The molecule has 32 heavy (non-hydrogen) atoms. The van der Waals surface area contributed by atoms with Gasteiger partial charge in [-0.3, -0.25) is 4.79 Å². The van der Waals surface area contributed by atoms with E-state index in [4.69, 9.17) is 0 Å². The number of anilines is 2. The summed E-state index contributed by atoms with van der Waals surface area (Å²) in [5, 5.41) is 14.0. The fourth-order valence-corrected chi connectivity index (χ4v) is 4.65. The number of likely N-dealkylation sites (tertiary alicyclic amines) is 1. The molecule has 166 valence electrons. The molecule has 0 aliphatic carbocycles. The number of rotatable bonds is 5. The number of nitrogens with one attached hydrogen (secondary N) is 1. The molecule has 2 saturated heterocycles. The van der Waals surface area contributed by atoms with Gasteiger partial charge in [0.25, 0.3) is 0 Å². The predicted molar refractivity (Wildman–Crippen MR) is 124 cm³/mol. The summed E-state index contributed by atoms with van der Waals surface area (Å²) in [6.45, 7) is 3.89. The predicted octanol–water partition coefficient (Wildman–Crippen LogP) is 3.18. The van der Waals surface area contributed by atoms with Crippen molar-refractivity contribution in [3.05, 3.63) is 48.3 Å². The highest BCUT2D eigenvalue weighted by molar-refractivity contribution is 5.89. The van der Waals surface area contributed by atoms with Gasteiger partial charge in [-0.1, -0.05) is 18.2 Å². The fourth-order valence-electron chi connectivity index (χ4n) is 4.65. The third-order valence-corrected chi connectivity index (χ3v) is 6.48. The second kappa shape index (κ2) is 8.98. The van der Waals surface area contributed by atoms with Gasteiger partial charge in [0.1, 0.15) is 11.6 Å². The number of fused-ring (bicyclic) bond motifs is 1. The molecule has 8 heteroatoms. The van der Waals surface area contributed by atoms with E-state index in [0.29, 0.717) is 18.4 Å². The number of benzene rings is 1. The molecule has 0 atom stereocenters. The molecule has 2 fully saturated rings. The summed E-state index contributed by atoms with van der Waals surface area (Å²) in [5.74, 6) is 2.09. The second-order valence-electron chi connectivity index (χ2n) is 8.54. The van der Waals surface area contributed by atoms with E-state index in [-0.39, 0.29) is 11.7 Å². The van der Waals surface area contributed by atoms with Gasteiger partial charge in [-0.15, -0.1) is 0 Å². The molecule has 2 aliphatic rings. The van der Waals surface area contributed by atoms with Crippen molar-refractivity contribution in [3.63, 3.8) is 0 Å². The molecule has 1 aromatic carbocycles. The van der Waals surface area contributed by atoms with Gasteiger partial charge < -0.3 is 20.2 Å². The Bertz CT molecular complexity index is 1110. The Morgan fingerprint density at radius 2 is 1.84 bits per heavy atom. The van der Waals surface area contributed by atoms with Gasteiger partial charge in [0.15, 0.2) is 0 Å². The maximum atomic E-state index is 12.7. The largest absolute Gasteiger partial charge is 0.508 e. The van der Waals surface area contributed by atoms with Crippen LogP contribution >= 0.6 is 0 Å². The molecule has 0 bridgehead atoms. The molecule has 2 N–H and O–H groups in total. The van der Waals surface area contributed by atoms with E-state index in [9.17, 15) is 9.90 Å². The number of carbonyl (C=O) groups is 1. The van der Waals surface area contributed by atoms with Crippen molar-refractivity contribution in [2.45, 2.75) is 32.2 Å². The summed E-state index contributed by atoms with van der Waals surface area (Å²) in [6, 6.07) is 9.10. The summed E-state index contributed by atoms with van der Waals surface area (Å²) in [7, 11) is 0. The van der Waals surface area contributed by atoms with Gasteiger partial charge in [-0.05, 0) is 37.8 Å². The number of hydrogen-bond acceptors (Lipinski definition) is 7. The van der Waals surface area contributed by atoms with Crippen LogP contribution in [0.5, 0.6) is 5.75 Å². The molecule has 0 spiro atoms. The lowest BCUT2D eigenvalue weighted by atomic mass is 9.95. The van der Waals surface area contributed by atoms with E-state index in [1.165, 1.54) is 0 Å². The Hall–Kier alpha value is -3.42. The van der Waals surface area contributed by atoms with Crippen LogP contribution in [0.2, 0.25) is 0 Å². The molecular formula is C24H28N6O2. The maximum Gasteiger partial charge on any atom is 0.225 e. The summed E-state index contributed by atoms with van der Waals surface area (Å²) < 4.78 is 0. The standard InChI is InChI=1S/C24H28N6O2/c31-21-6-2-1-5-18(21)15-26-24-27-16-19-20(28-24)7-10-25-22(19)29-13-8-17(9-14-29)23(32)30-11-3-4-12-30/h1-2,5-7,10,16-17,31H,3-4,8-9,11-15H2,(H,26,27,28). The minimum atomic E-state index is 0.126. The first-order valence-corrected chi connectivity index (χ1v) is 11.4. The first-order chi connectivity index (χ1) is 15.7. The Morgan fingerprint density at radius 1 is 1.06 bits per heavy atom. The van der Waals surface area contributed by atoms with Crippen LogP contribution in [0.25, 0.3) is 10.9 Å². The van der Waals surface area contributed by atoms with Crippen molar-refractivity contribution in [3.8, 4) is 5.75 Å². The van der Waals surface area contributed by atoms with Gasteiger partial charge in [-0.2, -0.15) is 0 Å². The monoisotopic (exact) mass is 432 g/mol. The van der Waals surface area contributed by atoms with Crippen LogP contribution < -0.4 is 10.2 Å². The zero-order chi connectivity index (χ0) is 21.9. The number of hydrogen-bond donors (Lipinski definition) is 2. The number of nitrogens with zero attached hydrogens (tertiary/aromatic N) is 5. The molecule has 1 amide bonds. The number of piperidine rings is 1. The van der Waals surface area contributed by atoms with Crippen molar-refractivity contribution >= 4 is 28.6 Å². The first-order valence-electron chi connectivity index (χ1n) is 11.4. The van der Waals surface area contributed by atoms with Crippen LogP contribution in [0.4, 0.5) is 11.8 Å². The van der Waals surface area contributed by atoms with E-state index < -0.39 is 0 Å². The lowest BCUT2D eigenvalue weighted by molar-refractivity contribution is -0.135. The highest BCUT2D eigenvalue weighted by Crippen LogP contribution is 2.29. The number of para-hydroxylation sites is 1. The molecule has 0 radical (unpaired) electrons. The lowest BCUT2D eigenvalue weighted by Crippen LogP contribution is -2.42. The average molecular weight is 433 g/mol. The van der Waals surface area contributed by atoms with Gasteiger partial charge in [-0.25, -0.2) is 15.0 Å². The van der Waals surface area contributed by atoms with E-state index in [1.807, 2.05) is 23.1 Å². The first kappa shape index (κ1) is 20.5. The second-order valence-corrected chi connectivity index (χ2v) is 8.54. The third kappa shape index (κ3) is 4.17. The van der Waals surface area contributed by atoms with Crippen LogP contribution in [-0.2, 0) is 11.3 Å². The van der Waals surface area contributed by atoms with Crippen LogP contribution in [0.15, 0.2) is 42.7 Å². The number of pyridine rings is 1. The molecule has 2 aliphatic heterocycles. The molecule has 0 saturated carbocycles. The Kier molecular flexibility index (Phi) is 5.75. The van der Waals surface area contributed by atoms with Gasteiger partial charge in [0.2, 0.25) is 11.9 Å². The van der Waals surface area contributed by atoms with Crippen LogP contribution in [0.1, 0.15) is 31.2 Å². The number of aromatic hydroxyl groups is 1. The van der Waals surface area contributed by atoms with Crippen molar-refractivity contribution in [1.29, 1.82) is 0 Å². The van der Waals surface area contributed by atoms with Crippen LogP contribution in [-0.4, -0.2) is 57.0 Å². The number of amides is 1. The minimum absolute atomic E-state index is 0.126. The lowest BCUT2D eigenvalue weighted by Gasteiger charge is -2.34. The molecule has 0 unspecified atom stereocenters. The highest BCUT2D eigenvalue weighted by Gasteiger charge is 2.30. The quantitative estimate of drug-likeness (QED) is 0.639. The van der Waals surface area contributed by atoms with E-state index in [0.717, 1.165) is 74.1 Å². The summed E-state index contributed by atoms with van der Waals surface area (Å²) in [4.78, 5) is 30.7. The van der Waals surface area contributed by atoms with Gasteiger partial charge in [0, 0.05) is 56.6 Å². The fraction of sp³-hybridized carbons (Fsp3) is 0.417. The molecule has 2 aromatic heterocycles. The van der Waals surface area contributed by atoms with E-state index in [1.54, 1.807) is 24.5 Å². The van der Waals surface area contributed by atoms with Crippen molar-refractivity contribution < 1.29 is 9.90 Å². The maximum absolute atomic E-state index is 12.7. The smallest absolute Gasteiger partial charge is 0.225 e. The van der Waals surface area contributed by atoms with Crippen molar-refractivity contribution in [1.82, 2.24) is 19.9 Å². The van der Waals surface area contributed by atoms with Gasteiger partial charge in [0.05, 0.1) is 10.9 Å². The third-order valence-electron chi connectivity index (χ3n) is 6.48. The van der Waals surface area contributed by atoms with Crippen molar-refractivity contribution in [2.75, 3.05) is 36.4 Å². The molecule has 3 aromatic rings. The Labute approximate surface area is 187 Å². The topological polar surface area (TPSA) is 94.5 Å². The zero-order valence-electron chi connectivity index (χ0n) is 18.1. The molecule has 4 heterocycles. The summed E-state index contributed by atoms with van der Waals surface area (Å²) in [5.41, 5.74) is 1.61. The normalized spacial score (nSPS) is 17.1. The number of aromatic nitrogens is 3. The summed E-state index contributed by atoms with van der Waals surface area (Å²) >= 11 is 0. The minimum Gasteiger partial charge on any atom is -0.508 e. The molecule has 5 rings (SSSR count). The van der Waals surface area contributed by atoms with E-state index >= 15 is 0 Å². The summed E-state index contributed by atoms with van der Waals surface area (Å²) in [6.07, 6.45) is 7.56. The Balaban J connectivity index is 1.27. The number of carbonyl (C=O) groups excluding carboxylic acids is 1. The van der Waals surface area contributed by atoms with Gasteiger partial charge >= 0.3 is 0 Å². The van der Waals surface area contributed by atoms with Crippen LogP contribution in [0.3, 0.4) is 0 Å². The highest BCUT2D eigenvalue weighted by atomic mass is 16.3. The number of phenolic OH excluding ortho intramolecular Hbond substituents is 1.